The molecule has 1 fully saturated rings. The summed E-state index contributed by atoms with van der Waals surface area (Å²) in [5.74, 6) is 0.689. The summed E-state index contributed by atoms with van der Waals surface area (Å²) in [5.41, 5.74) is 10.1. The molecular formula is C15H25ClN2. The molecule has 2 nitrogen and oxygen atoms in total. The van der Waals surface area contributed by atoms with Gasteiger partial charge in [-0.3, -0.25) is 4.90 Å². The van der Waals surface area contributed by atoms with Gasteiger partial charge in [-0.1, -0.05) is 18.2 Å². The molecule has 0 radical (unpaired) electrons. The standard InChI is InChI=1S/C15H24N2.ClH/c1-11-5-4-6-12(2)15(11)10-17-9-14(8-16)7-13(17)3;/h4-6,13-14H,7-10,16H2,1-3H3;1H. The molecule has 2 N–H and O–H groups in total. The van der Waals surface area contributed by atoms with Gasteiger partial charge >= 0.3 is 0 Å². The highest BCUT2D eigenvalue weighted by molar-refractivity contribution is 5.85. The van der Waals surface area contributed by atoms with E-state index in [2.05, 4.69) is 43.9 Å². The van der Waals surface area contributed by atoms with Crippen molar-refractivity contribution in [3.63, 3.8) is 0 Å². The van der Waals surface area contributed by atoms with Gasteiger partial charge in [0.05, 0.1) is 0 Å². The Hall–Kier alpha value is -0.570. The Labute approximate surface area is 117 Å². The second kappa shape index (κ2) is 6.55. The Morgan fingerprint density at radius 3 is 2.39 bits per heavy atom. The third-order valence-corrected chi connectivity index (χ3v) is 4.13. The smallest absolute Gasteiger partial charge is 0.0241 e. The van der Waals surface area contributed by atoms with Crippen molar-refractivity contribution in [1.82, 2.24) is 4.90 Å². The van der Waals surface area contributed by atoms with Gasteiger partial charge in [-0.25, -0.2) is 0 Å². The maximum atomic E-state index is 5.78. The third kappa shape index (κ3) is 3.25. The molecular weight excluding hydrogens is 244 g/mol. The van der Waals surface area contributed by atoms with Gasteiger partial charge in [0, 0.05) is 19.1 Å². The monoisotopic (exact) mass is 268 g/mol. The lowest BCUT2D eigenvalue weighted by atomic mass is 10.0. The lowest BCUT2D eigenvalue weighted by molar-refractivity contribution is 0.255. The Balaban J connectivity index is 0.00000162. The minimum atomic E-state index is 0. The normalized spacial score (nSPS) is 24.0. The van der Waals surface area contributed by atoms with Crippen LogP contribution in [0.1, 0.15) is 30.0 Å². The first-order valence-electron chi connectivity index (χ1n) is 6.61. The van der Waals surface area contributed by atoms with Gasteiger partial charge < -0.3 is 5.73 Å². The zero-order valence-corrected chi connectivity index (χ0v) is 12.5. The van der Waals surface area contributed by atoms with Crippen LogP contribution in [0.25, 0.3) is 0 Å². The first kappa shape index (κ1) is 15.5. The van der Waals surface area contributed by atoms with E-state index in [-0.39, 0.29) is 12.4 Å². The van der Waals surface area contributed by atoms with Gasteiger partial charge in [0.15, 0.2) is 0 Å². The number of nitrogens with two attached hydrogens (primary N) is 1. The highest BCUT2D eigenvalue weighted by Gasteiger charge is 2.28. The Bertz CT molecular complexity index is 372. The number of halogens is 1. The summed E-state index contributed by atoms with van der Waals surface area (Å²) in [4.78, 5) is 2.58. The molecule has 1 aliphatic rings. The largest absolute Gasteiger partial charge is 0.330 e. The topological polar surface area (TPSA) is 29.3 Å². The molecule has 1 aliphatic heterocycles. The number of likely N-dealkylation sites (tertiary alicyclic amines) is 1. The summed E-state index contributed by atoms with van der Waals surface area (Å²) >= 11 is 0. The maximum Gasteiger partial charge on any atom is 0.0241 e. The highest BCUT2D eigenvalue weighted by Crippen LogP contribution is 2.26. The van der Waals surface area contributed by atoms with Gasteiger partial charge in [0.25, 0.3) is 0 Å². The van der Waals surface area contributed by atoms with E-state index in [1.807, 2.05) is 0 Å². The van der Waals surface area contributed by atoms with Crippen LogP contribution in [0.3, 0.4) is 0 Å². The summed E-state index contributed by atoms with van der Waals surface area (Å²) in [6.45, 7) is 9.81. The molecule has 102 valence electrons. The van der Waals surface area contributed by atoms with E-state index >= 15 is 0 Å². The Morgan fingerprint density at radius 1 is 1.28 bits per heavy atom. The van der Waals surface area contributed by atoms with Crippen LogP contribution in [0.4, 0.5) is 0 Å². The van der Waals surface area contributed by atoms with E-state index < -0.39 is 0 Å². The minimum Gasteiger partial charge on any atom is -0.330 e. The number of benzene rings is 1. The van der Waals surface area contributed by atoms with Crippen LogP contribution < -0.4 is 5.73 Å². The average molecular weight is 269 g/mol. The fraction of sp³-hybridized carbons (Fsp3) is 0.600. The number of nitrogens with zero attached hydrogens (tertiary/aromatic N) is 1. The van der Waals surface area contributed by atoms with Crippen molar-refractivity contribution in [3.8, 4) is 0 Å². The number of hydrogen-bond donors (Lipinski definition) is 1. The second-order valence-corrected chi connectivity index (χ2v) is 5.49. The molecule has 2 rings (SSSR count). The SMILES string of the molecule is Cc1cccc(C)c1CN1CC(CN)CC1C.Cl. The predicted octanol–water partition coefficient (Wildman–Crippen LogP) is 2.89. The van der Waals surface area contributed by atoms with Crippen LogP contribution in [0, 0.1) is 19.8 Å². The van der Waals surface area contributed by atoms with Gasteiger partial charge in [-0.2, -0.15) is 0 Å². The van der Waals surface area contributed by atoms with E-state index in [0.29, 0.717) is 12.0 Å². The first-order valence-corrected chi connectivity index (χ1v) is 6.61. The van der Waals surface area contributed by atoms with Crippen molar-refractivity contribution in [3.05, 3.63) is 34.9 Å². The summed E-state index contributed by atoms with van der Waals surface area (Å²) in [5, 5.41) is 0. The Morgan fingerprint density at radius 2 is 1.89 bits per heavy atom. The molecule has 3 heteroatoms. The van der Waals surface area contributed by atoms with Crippen LogP contribution in [0.2, 0.25) is 0 Å². The lowest BCUT2D eigenvalue weighted by Gasteiger charge is -2.23. The van der Waals surface area contributed by atoms with Crippen LogP contribution in [-0.2, 0) is 6.54 Å². The molecule has 18 heavy (non-hydrogen) atoms. The molecule has 0 saturated carbocycles. The Kier molecular flexibility index (Phi) is 5.64. The van der Waals surface area contributed by atoms with Gasteiger partial charge in [0.1, 0.15) is 0 Å². The fourth-order valence-electron chi connectivity index (χ4n) is 2.91. The molecule has 0 spiro atoms. The quantitative estimate of drug-likeness (QED) is 0.913. The summed E-state index contributed by atoms with van der Waals surface area (Å²) in [6.07, 6.45) is 1.25. The van der Waals surface area contributed by atoms with Crippen LogP contribution >= 0.6 is 12.4 Å². The molecule has 0 aliphatic carbocycles. The van der Waals surface area contributed by atoms with E-state index in [0.717, 1.165) is 19.6 Å². The molecule has 0 amide bonds. The van der Waals surface area contributed by atoms with E-state index in [1.54, 1.807) is 0 Å². The number of hydrogen-bond acceptors (Lipinski definition) is 2. The van der Waals surface area contributed by atoms with Crippen LogP contribution in [0.15, 0.2) is 18.2 Å². The van der Waals surface area contributed by atoms with Crippen molar-refractivity contribution in [2.24, 2.45) is 11.7 Å². The first-order chi connectivity index (χ1) is 8.11. The second-order valence-electron chi connectivity index (χ2n) is 5.49. The van der Waals surface area contributed by atoms with Gasteiger partial charge in [-0.15, -0.1) is 12.4 Å². The van der Waals surface area contributed by atoms with E-state index in [9.17, 15) is 0 Å². The number of rotatable bonds is 3. The molecule has 1 heterocycles. The average Bonchev–Trinajstić information content (AvgIpc) is 2.65. The van der Waals surface area contributed by atoms with Crippen LogP contribution in [0.5, 0.6) is 0 Å². The van der Waals surface area contributed by atoms with Crippen molar-refractivity contribution in [2.75, 3.05) is 13.1 Å². The van der Waals surface area contributed by atoms with Crippen molar-refractivity contribution >= 4 is 12.4 Å². The summed E-state index contributed by atoms with van der Waals surface area (Å²) < 4.78 is 0. The summed E-state index contributed by atoms with van der Waals surface area (Å²) in [7, 11) is 0. The molecule has 2 atom stereocenters. The van der Waals surface area contributed by atoms with Crippen molar-refractivity contribution in [2.45, 2.75) is 39.8 Å². The molecule has 1 saturated heterocycles. The zero-order chi connectivity index (χ0) is 12.4. The highest BCUT2D eigenvalue weighted by atomic mass is 35.5. The lowest BCUT2D eigenvalue weighted by Crippen LogP contribution is -2.28. The van der Waals surface area contributed by atoms with Gasteiger partial charge in [-0.05, 0) is 56.3 Å². The number of aryl methyl sites for hydroxylation is 2. The molecule has 1 aromatic carbocycles. The van der Waals surface area contributed by atoms with Gasteiger partial charge in [0.2, 0.25) is 0 Å². The molecule has 0 aromatic heterocycles. The molecule has 0 bridgehead atoms. The zero-order valence-electron chi connectivity index (χ0n) is 11.6. The van der Waals surface area contributed by atoms with E-state index in [1.165, 1.54) is 23.1 Å². The summed E-state index contributed by atoms with van der Waals surface area (Å²) in [6, 6.07) is 7.24. The molecule has 1 aromatic rings. The van der Waals surface area contributed by atoms with E-state index in [4.69, 9.17) is 5.73 Å². The maximum absolute atomic E-state index is 5.78. The van der Waals surface area contributed by atoms with Crippen molar-refractivity contribution in [1.29, 1.82) is 0 Å². The van der Waals surface area contributed by atoms with Crippen LogP contribution in [-0.4, -0.2) is 24.0 Å². The van der Waals surface area contributed by atoms with Crippen molar-refractivity contribution < 1.29 is 0 Å². The minimum absolute atomic E-state index is 0. The fourth-order valence-corrected chi connectivity index (χ4v) is 2.91. The molecule has 2 unspecified atom stereocenters. The predicted molar refractivity (Wildman–Crippen MR) is 80.2 cm³/mol. The third-order valence-electron chi connectivity index (χ3n) is 4.13.